The molecule has 1 atom stereocenters. The molecule has 114 valence electrons. The van der Waals surface area contributed by atoms with E-state index >= 15 is 0 Å². The molecule has 0 aliphatic heterocycles. The standard InChI is InChI=1S/C18H26N2S/c1-4-14(5-2)16(19-6-3)12-18-20-17(13-21-18)15-10-8-7-9-11-15/h7-11,13-14,16,19H,4-6,12H2,1-3H3. The van der Waals surface area contributed by atoms with Crippen LogP contribution in [-0.4, -0.2) is 17.6 Å². The molecule has 0 saturated carbocycles. The van der Waals surface area contributed by atoms with Crippen LogP contribution in [0.25, 0.3) is 11.3 Å². The first-order valence-corrected chi connectivity index (χ1v) is 8.89. The highest BCUT2D eigenvalue weighted by Gasteiger charge is 2.19. The van der Waals surface area contributed by atoms with Crippen molar-refractivity contribution >= 4 is 11.3 Å². The summed E-state index contributed by atoms with van der Waals surface area (Å²) in [6, 6.07) is 11.0. The molecule has 21 heavy (non-hydrogen) atoms. The monoisotopic (exact) mass is 302 g/mol. The SMILES string of the molecule is CCNC(Cc1nc(-c2ccccc2)cs1)C(CC)CC. The van der Waals surface area contributed by atoms with E-state index in [4.69, 9.17) is 4.98 Å². The zero-order valence-corrected chi connectivity index (χ0v) is 14.1. The van der Waals surface area contributed by atoms with Crippen LogP contribution in [-0.2, 0) is 6.42 Å². The average molecular weight is 302 g/mol. The van der Waals surface area contributed by atoms with Gasteiger partial charge >= 0.3 is 0 Å². The van der Waals surface area contributed by atoms with E-state index in [0.717, 1.165) is 24.6 Å². The summed E-state index contributed by atoms with van der Waals surface area (Å²) in [5.74, 6) is 0.731. The van der Waals surface area contributed by atoms with Crippen molar-refractivity contribution in [3.05, 3.63) is 40.7 Å². The van der Waals surface area contributed by atoms with Gasteiger partial charge in [0.2, 0.25) is 0 Å². The van der Waals surface area contributed by atoms with Gasteiger partial charge in [0.15, 0.2) is 0 Å². The van der Waals surface area contributed by atoms with Crippen LogP contribution in [0, 0.1) is 5.92 Å². The molecule has 1 heterocycles. The summed E-state index contributed by atoms with van der Waals surface area (Å²) in [6.45, 7) is 7.79. The third kappa shape index (κ3) is 4.39. The molecule has 0 aliphatic carbocycles. The van der Waals surface area contributed by atoms with E-state index in [2.05, 4.69) is 55.7 Å². The second-order valence-electron chi connectivity index (χ2n) is 5.44. The Morgan fingerprint density at radius 3 is 2.43 bits per heavy atom. The van der Waals surface area contributed by atoms with Crippen molar-refractivity contribution in [2.45, 2.75) is 46.1 Å². The van der Waals surface area contributed by atoms with Crippen LogP contribution in [0.3, 0.4) is 0 Å². The third-order valence-corrected chi connectivity index (χ3v) is 4.97. The molecule has 0 radical (unpaired) electrons. The van der Waals surface area contributed by atoms with Gasteiger partial charge in [-0.2, -0.15) is 0 Å². The second-order valence-corrected chi connectivity index (χ2v) is 6.38. The lowest BCUT2D eigenvalue weighted by atomic mass is 9.92. The Labute approximate surface area is 132 Å². The van der Waals surface area contributed by atoms with Gasteiger partial charge < -0.3 is 5.32 Å². The normalized spacial score (nSPS) is 12.8. The average Bonchev–Trinajstić information content (AvgIpc) is 2.98. The minimum atomic E-state index is 0.541. The molecule has 0 spiro atoms. The lowest BCUT2D eigenvalue weighted by Gasteiger charge is -2.25. The first-order valence-electron chi connectivity index (χ1n) is 8.01. The zero-order valence-electron chi connectivity index (χ0n) is 13.3. The molecule has 2 rings (SSSR count). The smallest absolute Gasteiger partial charge is 0.0948 e. The maximum absolute atomic E-state index is 4.83. The summed E-state index contributed by atoms with van der Waals surface area (Å²) in [6.07, 6.45) is 3.49. The Balaban J connectivity index is 2.09. The Morgan fingerprint density at radius 1 is 1.10 bits per heavy atom. The van der Waals surface area contributed by atoms with Crippen molar-refractivity contribution in [3.8, 4) is 11.3 Å². The molecule has 1 unspecified atom stereocenters. The summed E-state index contributed by atoms with van der Waals surface area (Å²) in [7, 11) is 0. The molecule has 2 aromatic rings. The number of nitrogens with zero attached hydrogens (tertiary/aromatic N) is 1. The van der Waals surface area contributed by atoms with Crippen LogP contribution in [0.4, 0.5) is 0 Å². The minimum Gasteiger partial charge on any atom is -0.314 e. The van der Waals surface area contributed by atoms with Gasteiger partial charge in [-0.05, 0) is 12.5 Å². The molecule has 0 amide bonds. The lowest BCUT2D eigenvalue weighted by molar-refractivity contribution is 0.336. The lowest BCUT2D eigenvalue weighted by Crippen LogP contribution is -2.37. The van der Waals surface area contributed by atoms with E-state index < -0.39 is 0 Å². The molecule has 0 bridgehead atoms. The van der Waals surface area contributed by atoms with E-state index in [9.17, 15) is 0 Å². The summed E-state index contributed by atoms with van der Waals surface area (Å²) in [5.41, 5.74) is 2.32. The van der Waals surface area contributed by atoms with Gasteiger partial charge in [-0.1, -0.05) is 63.9 Å². The molecule has 1 aromatic heterocycles. The van der Waals surface area contributed by atoms with Crippen LogP contribution < -0.4 is 5.32 Å². The van der Waals surface area contributed by atoms with Crippen molar-refractivity contribution in [3.63, 3.8) is 0 Å². The second kappa shape index (κ2) is 8.30. The van der Waals surface area contributed by atoms with Crippen LogP contribution >= 0.6 is 11.3 Å². The highest BCUT2D eigenvalue weighted by atomic mass is 32.1. The number of hydrogen-bond acceptors (Lipinski definition) is 3. The van der Waals surface area contributed by atoms with Crippen molar-refractivity contribution in [1.82, 2.24) is 10.3 Å². The van der Waals surface area contributed by atoms with Crippen molar-refractivity contribution in [1.29, 1.82) is 0 Å². The van der Waals surface area contributed by atoms with Crippen LogP contribution in [0.15, 0.2) is 35.7 Å². The zero-order chi connectivity index (χ0) is 15.1. The predicted molar refractivity (Wildman–Crippen MR) is 92.8 cm³/mol. The molecule has 0 aliphatic rings. The fraction of sp³-hybridized carbons (Fsp3) is 0.500. The maximum atomic E-state index is 4.83. The van der Waals surface area contributed by atoms with Gasteiger partial charge in [0.25, 0.3) is 0 Å². The number of nitrogens with one attached hydrogen (secondary N) is 1. The largest absolute Gasteiger partial charge is 0.314 e. The molecule has 1 N–H and O–H groups in total. The highest BCUT2D eigenvalue weighted by molar-refractivity contribution is 7.09. The summed E-state index contributed by atoms with van der Waals surface area (Å²) >= 11 is 1.79. The summed E-state index contributed by atoms with van der Waals surface area (Å²) in [4.78, 5) is 4.83. The first kappa shape index (κ1) is 16.2. The quantitative estimate of drug-likeness (QED) is 0.760. The Kier molecular flexibility index (Phi) is 6.40. The van der Waals surface area contributed by atoms with E-state index in [1.165, 1.54) is 23.4 Å². The van der Waals surface area contributed by atoms with Gasteiger partial charge in [-0.15, -0.1) is 11.3 Å². The molecule has 3 heteroatoms. The number of hydrogen-bond donors (Lipinski definition) is 1. The van der Waals surface area contributed by atoms with Crippen molar-refractivity contribution < 1.29 is 0 Å². The summed E-state index contributed by atoms with van der Waals surface area (Å²) in [5, 5.41) is 7.07. The topological polar surface area (TPSA) is 24.9 Å². The van der Waals surface area contributed by atoms with E-state index in [1.807, 2.05) is 6.07 Å². The predicted octanol–water partition coefficient (Wildman–Crippen LogP) is 4.77. The van der Waals surface area contributed by atoms with E-state index in [0.29, 0.717) is 6.04 Å². The maximum Gasteiger partial charge on any atom is 0.0948 e. The Hall–Kier alpha value is -1.19. The molecular formula is C18H26N2S. The fourth-order valence-corrected chi connectivity index (χ4v) is 3.72. The number of rotatable bonds is 8. The van der Waals surface area contributed by atoms with Gasteiger partial charge in [0.1, 0.15) is 0 Å². The third-order valence-electron chi connectivity index (χ3n) is 4.10. The fourth-order valence-electron chi connectivity index (χ4n) is 2.86. The van der Waals surface area contributed by atoms with Gasteiger partial charge in [-0.3, -0.25) is 0 Å². The number of thiazole rings is 1. The van der Waals surface area contributed by atoms with Gasteiger partial charge in [0, 0.05) is 23.4 Å². The highest BCUT2D eigenvalue weighted by Crippen LogP contribution is 2.24. The van der Waals surface area contributed by atoms with Gasteiger partial charge in [0.05, 0.1) is 10.7 Å². The first-order chi connectivity index (χ1) is 10.3. The van der Waals surface area contributed by atoms with E-state index in [-0.39, 0.29) is 0 Å². The molecule has 0 fully saturated rings. The molecule has 2 nitrogen and oxygen atoms in total. The molecular weight excluding hydrogens is 276 g/mol. The number of aromatic nitrogens is 1. The van der Waals surface area contributed by atoms with Crippen LogP contribution in [0.1, 0.15) is 38.6 Å². The number of likely N-dealkylation sites (N-methyl/N-ethyl adjacent to an activating group) is 1. The van der Waals surface area contributed by atoms with Gasteiger partial charge in [-0.25, -0.2) is 4.98 Å². The minimum absolute atomic E-state index is 0.541. The Bertz CT molecular complexity index is 517. The summed E-state index contributed by atoms with van der Waals surface area (Å²) < 4.78 is 0. The van der Waals surface area contributed by atoms with Crippen molar-refractivity contribution in [2.24, 2.45) is 5.92 Å². The van der Waals surface area contributed by atoms with E-state index in [1.54, 1.807) is 11.3 Å². The molecule has 1 aromatic carbocycles. The Morgan fingerprint density at radius 2 is 1.81 bits per heavy atom. The number of benzene rings is 1. The van der Waals surface area contributed by atoms with Crippen molar-refractivity contribution in [2.75, 3.05) is 6.54 Å². The molecule has 0 saturated heterocycles. The van der Waals surface area contributed by atoms with Crippen LogP contribution in [0.2, 0.25) is 0 Å². The van der Waals surface area contributed by atoms with Crippen LogP contribution in [0.5, 0.6) is 0 Å².